The number of piperazine rings is 1. The van der Waals surface area contributed by atoms with Crippen LogP contribution < -0.4 is 31.0 Å². The summed E-state index contributed by atoms with van der Waals surface area (Å²) < 4.78 is 30.4. The van der Waals surface area contributed by atoms with E-state index >= 15 is 0 Å². The summed E-state index contributed by atoms with van der Waals surface area (Å²) in [5, 5.41) is 49.1. The third kappa shape index (κ3) is 8.53. The number of nitrogens with zero attached hydrogens (tertiary/aromatic N) is 3. The maximum atomic E-state index is 14.8. The van der Waals surface area contributed by atoms with E-state index in [4.69, 9.17) is 28.3 Å². The number of hydrogen-bond acceptors (Lipinski definition) is 16. The minimum absolute atomic E-state index is 0.0337. The zero-order valence-corrected chi connectivity index (χ0v) is 38.3. The van der Waals surface area contributed by atoms with E-state index in [1.807, 2.05) is 11.9 Å². The monoisotopic (exact) mass is 898 g/mol. The van der Waals surface area contributed by atoms with Crippen LogP contribution in [0.1, 0.15) is 54.0 Å². The number of aromatic hydroxyl groups is 1. The first-order chi connectivity index (χ1) is 30.7. The average molecular weight is 899 g/mol. The zero-order chi connectivity index (χ0) is 47.4. The summed E-state index contributed by atoms with van der Waals surface area (Å²) >= 11 is 0. The molecule has 3 aromatic carbocycles. The summed E-state index contributed by atoms with van der Waals surface area (Å²) in [5.41, 5.74) is -1.39. The highest BCUT2D eigenvalue weighted by Crippen LogP contribution is 2.42. The molecule has 348 valence electrons. The summed E-state index contributed by atoms with van der Waals surface area (Å²) in [6.07, 6.45) is 3.56. The molecule has 17 heteroatoms. The van der Waals surface area contributed by atoms with Crippen molar-refractivity contribution >= 4 is 62.0 Å². The molecule has 4 heterocycles. The molecule has 5 N–H and O–H groups in total. The minimum Gasteiger partial charge on any atom is -0.507 e. The fraction of sp³-hybridized carbons (Fsp3) is 0.479. The second-order valence-electron chi connectivity index (χ2n) is 17.8. The highest BCUT2D eigenvalue weighted by atomic mass is 16.7. The van der Waals surface area contributed by atoms with Crippen molar-refractivity contribution in [3.05, 3.63) is 79.5 Å². The topological polar surface area (TPSA) is 231 Å². The lowest BCUT2D eigenvalue weighted by atomic mass is 9.78. The summed E-state index contributed by atoms with van der Waals surface area (Å²) in [5.74, 6) is -6.92. The van der Waals surface area contributed by atoms with E-state index in [-0.39, 0.29) is 60.8 Å². The molecule has 65 heavy (non-hydrogen) atoms. The number of benzene rings is 3. The summed E-state index contributed by atoms with van der Waals surface area (Å²) in [7, 11) is 3.46. The Bertz CT molecular complexity index is 2830. The Hall–Kier alpha value is -6.01. The second-order valence-corrected chi connectivity index (χ2v) is 17.8. The van der Waals surface area contributed by atoms with Gasteiger partial charge in [-0.3, -0.25) is 19.2 Å². The molecule has 0 saturated carbocycles. The number of hydrogen-bond donors (Lipinski definition) is 5. The molecule has 17 nitrogen and oxygen atoms in total. The number of carbonyl (C=O) groups is 2. The van der Waals surface area contributed by atoms with Gasteiger partial charge in [0.25, 0.3) is 5.91 Å². The number of likely N-dealkylation sites (N-methyl/N-ethyl adjacent to an activating group) is 1. The van der Waals surface area contributed by atoms with Crippen LogP contribution in [0.3, 0.4) is 0 Å². The molecule has 0 spiro atoms. The number of allylic oxidation sites excluding steroid dienone is 2. The van der Waals surface area contributed by atoms with Gasteiger partial charge in [-0.2, -0.15) is 0 Å². The Morgan fingerprint density at radius 3 is 2.29 bits per heavy atom. The highest BCUT2D eigenvalue weighted by Gasteiger charge is 2.44. The number of aromatic nitrogens is 1. The molecule has 1 amide bonds. The van der Waals surface area contributed by atoms with Crippen molar-refractivity contribution in [3.63, 3.8) is 0 Å². The number of phenolic OH excluding ortho intramolecular Hbond substituents is 1. The number of anilines is 2. The molecule has 9 atom stereocenters. The Labute approximate surface area is 375 Å². The Balaban J connectivity index is 1.48. The first-order valence-corrected chi connectivity index (χ1v) is 21.8. The van der Waals surface area contributed by atoms with Gasteiger partial charge in [-0.05, 0) is 27.0 Å². The zero-order valence-electron chi connectivity index (χ0n) is 38.3. The highest BCUT2D eigenvalue weighted by molar-refractivity contribution is 6.16. The first-order valence-electron chi connectivity index (χ1n) is 21.8. The molecule has 0 radical (unpaired) electrons. The van der Waals surface area contributed by atoms with E-state index in [1.165, 1.54) is 59.3 Å². The molecule has 1 aromatic heterocycles. The van der Waals surface area contributed by atoms with Crippen LogP contribution in [0.5, 0.6) is 11.5 Å². The minimum atomic E-state index is -1.98. The summed E-state index contributed by atoms with van der Waals surface area (Å²) in [6.45, 7) is 15.4. The molecule has 0 aliphatic carbocycles. The fourth-order valence-corrected chi connectivity index (χ4v) is 9.12. The van der Waals surface area contributed by atoms with E-state index in [2.05, 4.69) is 10.2 Å². The van der Waals surface area contributed by atoms with Crippen molar-refractivity contribution < 1.29 is 53.4 Å². The van der Waals surface area contributed by atoms with Crippen LogP contribution in [-0.2, 0) is 23.8 Å². The number of fused-ring (bicyclic) bond motifs is 2. The molecule has 4 aromatic rings. The number of esters is 1. The molecule has 7 rings (SSSR count). The standard InChI is InChI=1S/C48H58N4O13/c1-22-12-11-13-23(2)47(60)50-38-42(58)34-33(37-45(38)64-32-21-29(20-30(54)36(32)49-37)52-17-15-51(9)16-18-52)35-44(27(6)41(34)57)65-48(8,46(35)59)62-19-14-31(61-10)24(3)43(63-28(7)53)26(5)40(56)25(4)39(22)55/h11-14,19-22,24-26,31,39-40,43,55-57,59H,15-18H2,1-10H3,(H,50,60)/t22-,24+,25+,26+,31-,39-,40+,43+,48-/m0/s1. The van der Waals surface area contributed by atoms with Gasteiger partial charge in [0.15, 0.2) is 22.4 Å². The Morgan fingerprint density at radius 1 is 0.938 bits per heavy atom. The van der Waals surface area contributed by atoms with Crippen LogP contribution in [0.4, 0.5) is 11.4 Å². The van der Waals surface area contributed by atoms with E-state index < -0.39 is 88.1 Å². The third-order valence-electron chi connectivity index (χ3n) is 13.3. The molecular formula is C48H58N4O13. The lowest BCUT2D eigenvalue weighted by molar-refractivity contribution is -0.160. The number of carbonyl (C=O) groups excluding carboxylic acids is 2. The number of methoxy groups -OCH3 is 1. The van der Waals surface area contributed by atoms with E-state index in [0.29, 0.717) is 18.8 Å². The SMILES string of the molecule is CO[C@H]1C=CO[C@@]2(C)Oc3c(C)c(O)c4c(=O)c(c5oc6cc(N7CCN(C)CC7)cc(=O)c6nc5c4c3=C2O)NC(=O)C(C)=CC=C[C@H](C)[C@H](O)[C@@H](C)[C@@H](O)[C@@H](C)[C@H](OC(C)=O)[C@@H]1C. The van der Waals surface area contributed by atoms with Crippen molar-refractivity contribution in [3.8, 4) is 11.5 Å². The molecular weight excluding hydrogens is 841 g/mol. The number of ether oxygens (including phenoxy) is 4. The number of amides is 1. The van der Waals surface area contributed by atoms with Gasteiger partial charge in [0.05, 0.1) is 35.2 Å². The number of aliphatic hydroxyl groups is 3. The Morgan fingerprint density at radius 2 is 1.63 bits per heavy atom. The summed E-state index contributed by atoms with van der Waals surface area (Å²) in [6, 6.07) is 3.12. The van der Waals surface area contributed by atoms with Crippen LogP contribution in [0.25, 0.3) is 38.7 Å². The number of nitrogens with one attached hydrogen (secondary N) is 1. The van der Waals surface area contributed by atoms with Crippen LogP contribution in [0, 0.1) is 30.6 Å². The number of rotatable bonds is 3. The van der Waals surface area contributed by atoms with E-state index in [0.717, 1.165) is 13.1 Å². The van der Waals surface area contributed by atoms with Crippen molar-refractivity contribution in [2.75, 3.05) is 50.6 Å². The van der Waals surface area contributed by atoms with Crippen molar-refractivity contribution in [2.24, 2.45) is 23.7 Å². The predicted octanol–water partition coefficient (Wildman–Crippen LogP) is 4.31. The molecule has 3 aliphatic heterocycles. The first kappa shape index (κ1) is 47.0. The fourth-order valence-electron chi connectivity index (χ4n) is 9.12. The van der Waals surface area contributed by atoms with Crippen molar-refractivity contribution in [2.45, 2.75) is 85.6 Å². The maximum Gasteiger partial charge on any atom is 0.307 e. The van der Waals surface area contributed by atoms with Crippen molar-refractivity contribution in [1.29, 1.82) is 0 Å². The summed E-state index contributed by atoms with van der Waals surface area (Å²) in [4.78, 5) is 64.1. The van der Waals surface area contributed by atoms with Gasteiger partial charge in [0, 0.05) is 105 Å². The smallest absolute Gasteiger partial charge is 0.307 e. The number of aliphatic hydroxyl groups excluding tert-OH is 3. The molecule has 4 bridgehead atoms. The second kappa shape index (κ2) is 18.1. The third-order valence-corrected chi connectivity index (χ3v) is 13.3. The van der Waals surface area contributed by atoms with Gasteiger partial charge >= 0.3 is 11.8 Å². The normalized spacial score (nSPS) is 28.4. The van der Waals surface area contributed by atoms with Gasteiger partial charge in [0.1, 0.15) is 28.8 Å². The Kier molecular flexibility index (Phi) is 13.1. The molecule has 1 fully saturated rings. The molecule has 1 saturated heterocycles. The van der Waals surface area contributed by atoms with E-state index in [1.54, 1.807) is 45.9 Å². The quantitative estimate of drug-likeness (QED) is 0.110. The maximum absolute atomic E-state index is 14.8. The van der Waals surface area contributed by atoms with E-state index in [9.17, 15) is 39.6 Å². The van der Waals surface area contributed by atoms with Crippen LogP contribution >= 0.6 is 0 Å². The lowest BCUT2D eigenvalue weighted by Crippen LogP contribution is -2.46. The van der Waals surface area contributed by atoms with Crippen LogP contribution in [0.15, 0.2) is 62.3 Å². The molecule has 0 unspecified atom stereocenters. The molecule has 3 aliphatic rings. The average Bonchev–Trinajstić information content (AvgIpc) is 3.54. The van der Waals surface area contributed by atoms with Gasteiger partial charge in [-0.15, -0.1) is 0 Å². The number of phenols is 1. The van der Waals surface area contributed by atoms with Crippen molar-refractivity contribution in [1.82, 2.24) is 9.88 Å². The van der Waals surface area contributed by atoms with Crippen LogP contribution in [-0.4, -0.2) is 113 Å². The predicted molar refractivity (Wildman–Crippen MR) is 245 cm³/mol. The van der Waals surface area contributed by atoms with Gasteiger partial charge in [0.2, 0.25) is 10.9 Å². The van der Waals surface area contributed by atoms with Gasteiger partial charge in [-0.1, -0.05) is 45.9 Å². The lowest BCUT2D eigenvalue weighted by Gasteiger charge is -2.38. The van der Waals surface area contributed by atoms with Crippen LogP contribution in [0.2, 0.25) is 0 Å². The largest absolute Gasteiger partial charge is 0.507 e. The van der Waals surface area contributed by atoms with Gasteiger partial charge in [-0.25, -0.2) is 4.98 Å². The van der Waals surface area contributed by atoms with Gasteiger partial charge < -0.3 is 58.9 Å².